The van der Waals surface area contributed by atoms with Crippen molar-refractivity contribution in [3.63, 3.8) is 0 Å². The highest BCUT2D eigenvalue weighted by molar-refractivity contribution is 4.53. The first kappa shape index (κ1) is 7.88. The van der Waals surface area contributed by atoms with Crippen LogP contribution < -0.4 is 0 Å². The largest absolute Gasteiger partial charge is 0.210 e. The van der Waals surface area contributed by atoms with E-state index in [1.807, 2.05) is 20.8 Å². The van der Waals surface area contributed by atoms with Crippen molar-refractivity contribution in [2.75, 3.05) is 7.11 Å². The summed E-state index contributed by atoms with van der Waals surface area (Å²) in [7, 11) is 1.39. The van der Waals surface area contributed by atoms with Crippen LogP contribution in [0.15, 0.2) is 0 Å². The first-order valence-electron chi connectivity index (χ1n) is 2.45. The Morgan fingerprint density at radius 2 is 1.62 bits per heavy atom. The molecule has 0 atom stereocenters. The number of rotatable bonds is 2. The normalized spacial score (nSPS) is 12.0. The molecule has 3 nitrogen and oxygen atoms in total. The zero-order chi connectivity index (χ0) is 6.62. The van der Waals surface area contributed by atoms with E-state index in [4.69, 9.17) is 0 Å². The van der Waals surface area contributed by atoms with Gasteiger partial charge in [-0.25, -0.2) is 9.78 Å². The lowest BCUT2D eigenvalue weighted by Crippen LogP contribution is -2.18. The highest BCUT2D eigenvalue weighted by Gasteiger charge is 2.10. The summed E-state index contributed by atoms with van der Waals surface area (Å²) >= 11 is 0. The maximum atomic E-state index is 4.66. The van der Waals surface area contributed by atoms with Gasteiger partial charge in [-0.15, -0.1) is 0 Å². The van der Waals surface area contributed by atoms with E-state index in [1.54, 1.807) is 0 Å². The van der Waals surface area contributed by atoms with E-state index in [2.05, 4.69) is 14.8 Å². The summed E-state index contributed by atoms with van der Waals surface area (Å²) in [5.74, 6) is 0. The van der Waals surface area contributed by atoms with Crippen LogP contribution >= 0.6 is 0 Å². The van der Waals surface area contributed by atoms with Crippen LogP contribution in [0.2, 0.25) is 0 Å². The van der Waals surface area contributed by atoms with E-state index in [0.29, 0.717) is 0 Å². The van der Waals surface area contributed by atoms with Crippen molar-refractivity contribution in [1.82, 2.24) is 0 Å². The van der Waals surface area contributed by atoms with Gasteiger partial charge in [-0.2, -0.15) is 0 Å². The summed E-state index contributed by atoms with van der Waals surface area (Å²) in [6.45, 7) is 5.60. The van der Waals surface area contributed by atoms with Crippen LogP contribution in [0.3, 0.4) is 0 Å². The Bertz CT molecular complexity index is 55.2. The maximum absolute atomic E-state index is 4.66. The summed E-state index contributed by atoms with van der Waals surface area (Å²) in [5.41, 5.74) is -0.296. The third kappa shape index (κ3) is 5.88. The maximum Gasteiger partial charge on any atom is 0.0983 e. The van der Waals surface area contributed by atoms with Gasteiger partial charge in [0.1, 0.15) is 0 Å². The predicted octanol–water partition coefficient (Wildman–Crippen LogP) is 1.29. The molecule has 0 aromatic rings. The summed E-state index contributed by atoms with van der Waals surface area (Å²) in [6, 6.07) is 0. The molecule has 0 aromatic heterocycles. The lowest BCUT2D eigenvalue weighted by molar-refractivity contribution is -0.529. The molecule has 0 N–H and O–H groups in total. The van der Waals surface area contributed by atoms with Crippen molar-refractivity contribution in [3.05, 3.63) is 0 Å². The summed E-state index contributed by atoms with van der Waals surface area (Å²) < 4.78 is 0. The zero-order valence-corrected chi connectivity index (χ0v) is 5.72. The summed E-state index contributed by atoms with van der Waals surface area (Å²) in [6.07, 6.45) is 0. The number of hydrogen-bond acceptors (Lipinski definition) is 3. The second-order valence-electron chi connectivity index (χ2n) is 2.43. The molecule has 0 unspecified atom stereocenters. The second-order valence-corrected chi connectivity index (χ2v) is 2.43. The fourth-order valence-corrected chi connectivity index (χ4v) is 0.136. The third-order valence-electron chi connectivity index (χ3n) is 0.352. The average Bonchev–Trinajstić information content (AvgIpc) is 1.59. The molecule has 0 aliphatic heterocycles. The van der Waals surface area contributed by atoms with Crippen LogP contribution in [-0.2, 0) is 14.8 Å². The lowest BCUT2D eigenvalue weighted by Gasteiger charge is -2.14. The lowest BCUT2D eigenvalue weighted by atomic mass is 10.2. The molecule has 0 aromatic carbocycles. The molecule has 50 valence electrons. The minimum absolute atomic E-state index is 0.296. The predicted molar refractivity (Wildman–Crippen MR) is 28.9 cm³/mol. The number of hydrogen-bond donors (Lipinski definition) is 0. The minimum atomic E-state index is -0.296. The van der Waals surface area contributed by atoms with Gasteiger partial charge >= 0.3 is 0 Å². The SMILES string of the molecule is COOOC(C)(C)C. The van der Waals surface area contributed by atoms with E-state index < -0.39 is 0 Å². The molecule has 0 fully saturated rings. The standard InChI is InChI=1S/C5H12O3/c1-5(2,3)7-8-6-4/h1-4H3. The monoisotopic (exact) mass is 120 g/mol. The van der Waals surface area contributed by atoms with Crippen LogP contribution in [0.5, 0.6) is 0 Å². The van der Waals surface area contributed by atoms with E-state index in [0.717, 1.165) is 0 Å². The fourth-order valence-electron chi connectivity index (χ4n) is 0.136. The Balaban J connectivity index is 3.11. The average molecular weight is 120 g/mol. The van der Waals surface area contributed by atoms with Gasteiger partial charge in [-0.05, 0) is 20.8 Å². The van der Waals surface area contributed by atoms with Gasteiger partial charge in [-0.1, -0.05) is 5.04 Å². The Labute approximate surface area is 49.4 Å². The molecular weight excluding hydrogens is 108 g/mol. The smallest absolute Gasteiger partial charge is 0.0983 e. The van der Waals surface area contributed by atoms with E-state index in [1.165, 1.54) is 7.11 Å². The summed E-state index contributed by atoms with van der Waals surface area (Å²) in [5, 5.41) is 4.20. The molecule has 0 amide bonds. The van der Waals surface area contributed by atoms with Gasteiger partial charge in [0.2, 0.25) is 0 Å². The van der Waals surface area contributed by atoms with E-state index in [9.17, 15) is 0 Å². The molecule has 3 heteroatoms. The minimum Gasteiger partial charge on any atom is -0.210 e. The van der Waals surface area contributed by atoms with Gasteiger partial charge in [-0.3, -0.25) is 0 Å². The van der Waals surface area contributed by atoms with Gasteiger partial charge in [0, 0.05) is 0 Å². The zero-order valence-electron chi connectivity index (χ0n) is 5.72. The molecule has 0 radical (unpaired) electrons. The molecule has 0 saturated heterocycles. The van der Waals surface area contributed by atoms with E-state index in [-0.39, 0.29) is 5.60 Å². The Kier molecular flexibility index (Phi) is 2.97. The van der Waals surface area contributed by atoms with Crippen LogP contribution in [0.1, 0.15) is 20.8 Å². The van der Waals surface area contributed by atoms with E-state index >= 15 is 0 Å². The van der Waals surface area contributed by atoms with Crippen LogP contribution in [0, 0.1) is 0 Å². The Morgan fingerprint density at radius 1 is 1.12 bits per heavy atom. The van der Waals surface area contributed by atoms with Crippen molar-refractivity contribution in [3.8, 4) is 0 Å². The van der Waals surface area contributed by atoms with Crippen molar-refractivity contribution < 1.29 is 14.8 Å². The molecule has 0 rings (SSSR count). The molecular formula is C5H12O3. The Hall–Kier alpha value is -0.120. The molecule has 0 spiro atoms. The van der Waals surface area contributed by atoms with Gasteiger partial charge in [0.05, 0.1) is 12.7 Å². The molecule has 0 bridgehead atoms. The highest BCUT2D eigenvalue weighted by atomic mass is 17.5. The third-order valence-corrected chi connectivity index (χ3v) is 0.352. The summed E-state index contributed by atoms with van der Waals surface area (Å²) in [4.78, 5) is 8.85. The van der Waals surface area contributed by atoms with Crippen molar-refractivity contribution in [1.29, 1.82) is 0 Å². The fraction of sp³-hybridized carbons (Fsp3) is 1.00. The van der Waals surface area contributed by atoms with Gasteiger partial charge < -0.3 is 0 Å². The first-order valence-corrected chi connectivity index (χ1v) is 2.45. The topological polar surface area (TPSA) is 27.7 Å². The quantitative estimate of drug-likeness (QED) is 0.406. The van der Waals surface area contributed by atoms with Gasteiger partial charge in [0.25, 0.3) is 0 Å². The van der Waals surface area contributed by atoms with Crippen molar-refractivity contribution >= 4 is 0 Å². The molecule has 0 aliphatic rings. The van der Waals surface area contributed by atoms with Crippen molar-refractivity contribution in [2.24, 2.45) is 0 Å². The van der Waals surface area contributed by atoms with Crippen molar-refractivity contribution in [2.45, 2.75) is 26.4 Å². The van der Waals surface area contributed by atoms with Crippen LogP contribution in [-0.4, -0.2) is 12.7 Å². The highest BCUT2D eigenvalue weighted by Crippen LogP contribution is 2.05. The second kappa shape index (κ2) is 3.02. The Morgan fingerprint density at radius 3 is 1.75 bits per heavy atom. The van der Waals surface area contributed by atoms with Gasteiger partial charge in [0.15, 0.2) is 0 Å². The first-order chi connectivity index (χ1) is 3.56. The molecule has 8 heavy (non-hydrogen) atoms. The van der Waals surface area contributed by atoms with Crippen LogP contribution in [0.25, 0.3) is 0 Å². The molecule has 0 aliphatic carbocycles. The molecule has 0 heterocycles. The molecule has 0 saturated carbocycles. The van der Waals surface area contributed by atoms with Crippen LogP contribution in [0.4, 0.5) is 0 Å².